The highest BCUT2D eigenvalue weighted by molar-refractivity contribution is 5.92. The van der Waals surface area contributed by atoms with E-state index in [9.17, 15) is 18.0 Å². The quantitative estimate of drug-likeness (QED) is 0.885. The van der Waals surface area contributed by atoms with Gasteiger partial charge < -0.3 is 11.1 Å². The average molecular weight is 324 g/mol. The molecule has 1 aromatic heterocycles. The van der Waals surface area contributed by atoms with E-state index in [0.29, 0.717) is 11.1 Å². The number of halogens is 3. The molecule has 122 valence electrons. The molecule has 2 aromatic rings. The molecule has 0 saturated carbocycles. The van der Waals surface area contributed by atoms with Crippen LogP contribution in [0.3, 0.4) is 0 Å². The molecule has 2 atom stereocenters. The van der Waals surface area contributed by atoms with Gasteiger partial charge in [-0.1, -0.05) is 24.3 Å². The van der Waals surface area contributed by atoms with Crippen LogP contribution in [-0.4, -0.2) is 21.7 Å². The molecule has 0 fully saturated rings. The Kier molecular flexibility index (Phi) is 3.63. The molecule has 1 amide bonds. The Labute approximate surface area is 130 Å². The fourth-order valence-corrected chi connectivity index (χ4v) is 2.85. The van der Waals surface area contributed by atoms with E-state index < -0.39 is 17.8 Å². The Hall–Kier alpha value is -2.35. The third kappa shape index (κ3) is 2.81. The zero-order chi connectivity index (χ0) is 16.8. The van der Waals surface area contributed by atoms with E-state index in [2.05, 4.69) is 10.4 Å². The highest BCUT2D eigenvalue weighted by atomic mass is 19.4. The number of nitrogens with two attached hydrogens (primary N) is 1. The molecule has 0 bridgehead atoms. The van der Waals surface area contributed by atoms with Gasteiger partial charge in [0.1, 0.15) is 5.69 Å². The van der Waals surface area contributed by atoms with E-state index in [1.807, 2.05) is 24.3 Å². The topological polar surface area (TPSA) is 72.9 Å². The summed E-state index contributed by atoms with van der Waals surface area (Å²) in [5, 5.41) is 6.31. The number of fused-ring (bicyclic) bond motifs is 1. The minimum Gasteiger partial charge on any atom is -0.346 e. The monoisotopic (exact) mass is 324 g/mol. The molecular formula is C15H15F3N4O. The van der Waals surface area contributed by atoms with Crippen molar-refractivity contribution in [3.05, 3.63) is 52.8 Å². The number of hydrogen-bond acceptors (Lipinski definition) is 3. The first-order valence-corrected chi connectivity index (χ1v) is 7.03. The van der Waals surface area contributed by atoms with Gasteiger partial charge in [0.2, 0.25) is 0 Å². The zero-order valence-electron chi connectivity index (χ0n) is 12.3. The van der Waals surface area contributed by atoms with Crippen LogP contribution in [0.1, 0.15) is 33.4 Å². The Bertz CT molecular complexity index is 753. The summed E-state index contributed by atoms with van der Waals surface area (Å²) in [4.78, 5) is 12.2. The largest absolute Gasteiger partial charge is 0.433 e. The second kappa shape index (κ2) is 5.38. The number of nitrogens with zero attached hydrogens (tertiary/aromatic N) is 2. The van der Waals surface area contributed by atoms with E-state index in [1.54, 1.807) is 0 Å². The highest BCUT2D eigenvalue weighted by Crippen LogP contribution is 2.31. The molecule has 0 saturated heterocycles. The smallest absolute Gasteiger partial charge is 0.346 e. The molecule has 5 nitrogen and oxygen atoms in total. The van der Waals surface area contributed by atoms with Crippen LogP contribution < -0.4 is 11.1 Å². The minimum atomic E-state index is -4.56. The zero-order valence-corrected chi connectivity index (χ0v) is 12.3. The van der Waals surface area contributed by atoms with Crippen LogP contribution >= 0.6 is 0 Å². The van der Waals surface area contributed by atoms with Gasteiger partial charge in [-0.15, -0.1) is 0 Å². The fraction of sp³-hybridized carbons (Fsp3) is 0.333. The van der Waals surface area contributed by atoms with Gasteiger partial charge in [-0.25, -0.2) is 0 Å². The van der Waals surface area contributed by atoms with Gasteiger partial charge in [0.05, 0.1) is 12.1 Å². The Morgan fingerprint density at radius 3 is 2.70 bits per heavy atom. The first-order chi connectivity index (χ1) is 10.8. The Morgan fingerprint density at radius 2 is 2.09 bits per heavy atom. The number of rotatable bonds is 2. The summed E-state index contributed by atoms with van der Waals surface area (Å²) in [6.45, 7) is 0. The van der Waals surface area contributed by atoms with Crippen LogP contribution in [-0.2, 0) is 19.6 Å². The average Bonchev–Trinajstić information content (AvgIpc) is 3.01. The molecule has 0 aliphatic heterocycles. The summed E-state index contributed by atoms with van der Waals surface area (Å²) in [5.41, 5.74) is 6.82. The van der Waals surface area contributed by atoms with Crippen molar-refractivity contribution < 1.29 is 18.0 Å². The third-order valence-corrected chi connectivity index (χ3v) is 4.01. The number of benzene rings is 1. The molecule has 0 radical (unpaired) electrons. The molecule has 8 heteroatoms. The first-order valence-electron chi connectivity index (χ1n) is 7.03. The van der Waals surface area contributed by atoms with Crippen molar-refractivity contribution in [3.8, 4) is 0 Å². The van der Waals surface area contributed by atoms with Crippen LogP contribution in [0.2, 0.25) is 0 Å². The second-order valence-corrected chi connectivity index (χ2v) is 5.54. The van der Waals surface area contributed by atoms with E-state index in [-0.39, 0.29) is 17.8 Å². The number of nitrogens with one attached hydrogen (secondary N) is 1. The summed E-state index contributed by atoms with van der Waals surface area (Å²) in [5.74, 6) is -0.663. The van der Waals surface area contributed by atoms with Gasteiger partial charge in [-0.05, 0) is 17.5 Å². The van der Waals surface area contributed by atoms with E-state index in [1.165, 1.54) is 0 Å². The maximum Gasteiger partial charge on any atom is 0.433 e. The summed E-state index contributed by atoms with van der Waals surface area (Å²) in [6, 6.07) is 7.53. The SMILES string of the molecule is Cn1nc(C(=O)N[C@@H]2Cc3ccccc3[C@H]2N)cc1C(F)(F)F. The summed E-state index contributed by atoms with van der Waals surface area (Å²) >= 11 is 0. The molecule has 0 unspecified atom stereocenters. The minimum absolute atomic E-state index is 0.275. The predicted octanol–water partition coefficient (Wildman–Crippen LogP) is 1.79. The lowest BCUT2D eigenvalue weighted by molar-refractivity contribution is -0.143. The van der Waals surface area contributed by atoms with Crippen molar-refractivity contribution in [2.45, 2.75) is 24.7 Å². The number of carbonyl (C=O) groups excluding carboxylic acids is 1. The fourth-order valence-electron chi connectivity index (χ4n) is 2.85. The maximum absolute atomic E-state index is 12.8. The van der Waals surface area contributed by atoms with Crippen LogP contribution in [0, 0.1) is 0 Å². The van der Waals surface area contributed by atoms with Gasteiger partial charge >= 0.3 is 6.18 Å². The first kappa shape index (κ1) is 15.5. The lowest BCUT2D eigenvalue weighted by Gasteiger charge is -2.17. The molecule has 3 N–H and O–H groups in total. The number of hydrogen-bond donors (Lipinski definition) is 2. The van der Waals surface area contributed by atoms with Crippen molar-refractivity contribution >= 4 is 5.91 Å². The lowest BCUT2D eigenvalue weighted by atomic mass is 10.1. The number of aromatic nitrogens is 2. The molecule has 1 aliphatic rings. The van der Waals surface area contributed by atoms with Crippen molar-refractivity contribution in [2.24, 2.45) is 12.8 Å². The number of amides is 1. The van der Waals surface area contributed by atoms with Crippen molar-refractivity contribution in [3.63, 3.8) is 0 Å². The molecular weight excluding hydrogens is 309 g/mol. The van der Waals surface area contributed by atoms with Gasteiger partial charge in [-0.3, -0.25) is 9.48 Å². The molecule has 0 spiro atoms. The molecule has 1 aromatic carbocycles. The molecule has 1 aliphatic carbocycles. The van der Waals surface area contributed by atoms with Crippen LogP contribution in [0.5, 0.6) is 0 Å². The second-order valence-electron chi connectivity index (χ2n) is 5.54. The van der Waals surface area contributed by atoms with Gasteiger partial charge in [0.15, 0.2) is 5.69 Å². The van der Waals surface area contributed by atoms with Crippen LogP contribution in [0.4, 0.5) is 13.2 Å². The standard InChI is InChI=1S/C15H15F3N4O/c1-22-12(15(16,17)18)7-11(21-22)14(23)20-10-6-8-4-2-3-5-9(8)13(10)19/h2-5,7,10,13H,6,19H2,1H3,(H,20,23)/t10-,13-/m1/s1. The van der Waals surface area contributed by atoms with Gasteiger partial charge in [-0.2, -0.15) is 18.3 Å². The van der Waals surface area contributed by atoms with Crippen molar-refractivity contribution in [2.75, 3.05) is 0 Å². The maximum atomic E-state index is 12.8. The van der Waals surface area contributed by atoms with E-state index >= 15 is 0 Å². The predicted molar refractivity (Wildman–Crippen MR) is 76.5 cm³/mol. The van der Waals surface area contributed by atoms with E-state index in [4.69, 9.17) is 5.73 Å². The summed E-state index contributed by atoms with van der Waals surface area (Å²) in [6.07, 6.45) is -4.01. The van der Waals surface area contributed by atoms with Crippen LogP contribution in [0.15, 0.2) is 30.3 Å². The molecule has 23 heavy (non-hydrogen) atoms. The van der Waals surface area contributed by atoms with Crippen molar-refractivity contribution in [1.29, 1.82) is 0 Å². The summed E-state index contributed by atoms with van der Waals surface area (Å²) in [7, 11) is 1.15. The van der Waals surface area contributed by atoms with Crippen LogP contribution in [0.25, 0.3) is 0 Å². The van der Waals surface area contributed by atoms with Gasteiger partial charge in [0, 0.05) is 13.1 Å². The number of alkyl halides is 3. The number of carbonyl (C=O) groups is 1. The molecule has 3 rings (SSSR count). The normalized spacial score (nSPS) is 20.4. The highest BCUT2D eigenvalue weighted by Gasteiger charge is 2.36. The van der Waals surface area contributed by atoms with E-state index in [0.717, 1.165) is 24.2 Å². The third-order valence-electron chi connectivity index (χ3n) is 4.01. The Morgan fingerprint density at radius 1 is 1.39 bits per heavy atom. The summed E-state index contributed by atoms with van der Waals surface area (Å²) < 4.78 is 38.9. The lowest BCUT2D eigenvalue weighted by Crippen LogP contribution is -2.40. The van der Waals surface area contributed by atoms with Gasteiger partial charge in [0.25, 0.3) is 5.91 Å². The molecule has 1 heterocycles. The van der Waals surface area contributed by atoms with Crippen molar-refractivity contribution in [1.82, 2.24) is 15.1 Å². The number of aryl methyl sites for hydroxylation is 1. The Balaban J connectivity index is 1.76.